The molecule has 0 aliphatic heterocycles. The van der Waals surface area contributed by atoms with Gasteiger partial charge in [0.1, 0.15) is 0 Å². The quantitative estimate of drug-likeness (QED) is 0.837. The fourth-order valence-corrected chi connectivity index (χ4v) is 2.30. The Morgan fingerprint density at radius 3 is 2.82 bits per heavy atom. The van der Waals surface area contributed by atoms with Gasteiger partial charge < -0.3 is 10.6 Å². The van der Waals surface area contributed by atoms with E-state index in [0.717, 1.165) is 24.1 Å². The highest BCUT2D eigenvalue weighted by Crippen LogP contribution is 2.13. The Morgan fingerprint density at radius 2 is 2.18 bits per heavy atom. The van der Waals surface area contributed by atoms with Gasteiger partial charge in [-0.25, -0.2) is 0 Å². The van der Waals surface area contributed by atoms with Gasteiger partial charge in [0.2, 0.25) is 0 Å². The highest BCUT2D eigenvalue weighted by molar-refractivity contribution is 9.10. The Hall–Kier alpha value is -0.380. The van der Waals surface area contributed by atoms with Gasteiger partial charge in [0.25, 0.3) is 0 Å². The predicted molar refractivity (Wildman–Crippen MR) is 77.9 cm³/mol. The van der Waals surface area contributed by atoms with Gasteiger partial charge in [0, 0.05) is 11.0 Å². The van der Waals surface area contributed by atoms with Crippen LogP contribution in [0.5, 0.6) is 0 Å². The highest BCUT2D eigenvalue weighted by atomic mass is 79.9. The zero-order chi connectivity index (χ0) is 12.7. The molecule has 0 saturated heterocycles. The number of benzene rings is 1. The van der Waals surface area contributed by atoms with Crippen LogP contribution in [0.1, 0.15) is 25.3 Å². The van der Waals surface area contributed by atoms with Gasteiger partial charge in [-0.3, -0.25) is 0 Å². The minimum Gasteiger partial charge on any atom is -0.330 e. The summed E-state index contributed by atoms with van der Waals surface area (Å²) in [6, 6.07) is 8.50. The summed E-state index contributed by atoms with van der Waals surface area (Å²) >= 11 is 3.50. The Labute approximate surface area is 113 Å². The zero-order valence-electron chi connectivity index (χ0n) is 10.8. The summed E-state index contributed by atoms with van der Waals surface area (Å²) in [6.45, 7) is 5.16. The molecule has 0 fully saturated rings. The molecule has 0 heterocycles. The lowest BCUT2D eigenvalue weighted by Gasteiger charge is -2.17. The minimum atomic E-state index is 0.647. The lowest BCUT2D eigenvalue weighted by Crippen LogP contribution is -2.20. The molecule has 2 N–H and O–H groups in total. The second kappa shape index (κ2) is 7.85. The third-order valence-electron chi connectivity index (χ3n) is 2.98. The average molecular weight is 299 g/mol. The van der Waals surface area contributed by atoms with Crippen LogP contribution in [0.4, 0.5) is 0 Å². The van der Waals surface area contributed by atoms with Crippen LogP contribution in [-0.4, -0.2) is 25.0 Å². The number of rotatable bonds is 7. The molecule has 0 saturated carbocycles. The molecule has 1 rings (SSSR count). The first-order chi connectivity index (χ1) is 8.11. The molecule has 0 bridgehead atoms. The molecule has 0 amide bonds. The van der Waals surface area contributed by atoms with Crippen molar-refractivity contribution in [2.75, 3.05) is 20.1 Å². The summed E-state index contributed by atoms with van der Waals surface area (Å²) in [5, 5.41) is 0. The van der Waals surface area contributed by atoms with Crippen LogP contribution < -0.4 is 5.73 Å². The molecule has 96 valence electrons. The van der Waals surface area contributed by atoms with Crippen LogP contribution in [0.3, 0.4) is 0 Å². The maximum Gasteiger partial charge on any atom is 0.0231 e. The number of nitrogens with zero attached hydrogens (tertiary/aromatic N) is 1. The molecule has 1 aromatic rings. The second-order valence-corrected chi connectivity index (χ2v) is 5.77. The molecule has 0 aliphatic rings. The summed E-state index contributed by atoms with van der Waals surface area (Å²) in [5.74, 6) is 0.647. The van der Waals surface area contributed by atoms with E-state index in [1.54, 1.807) is 0 Å². The van der Waals surface area contributed by atoms with E-state index in [-0.39, 0.29) is 0 Å². The molecule has 0 aliphatic carbocycles. The molecule has 0 aromatic heterocycles. The van der Waals surface area contributed by atoms with Crippen LogP contribution in [0.2, 0.25) is 0 Å². The molecule has 1 atom stereocenters. The minimum absolute atomic E-state index is 0.647. The van der Waals surface area contributed by atoms with Crippen LogP contribution in [-0.2, 0) is 6.54 Å². The Bertz CT molecular complexity index is 328. The van der Waals surface area contributed by atoms with Crippen molar-refractivity contribution in [2.45, 2.75) is 26.3 Å². The average Bonchev–Trinajstić information content (AvgIpc) is 2.28. The predicted octanol–water partition coefficient (Wildman–Crippen LogP) is 3.26. The molecule has 0 radical (unpaired) electrons. The number of halogens is 1. The van der Waals surface area contributed by atoms with Gasteiger partial charge in [0.15, 0.2) is 0 Å². The van der Waals surface area contributed by atoms with E-state index >= 15 is 0 Å². The summed E-state index contributed by atoms with van der Waals surface area (Å²) in [5.41, 5.74) is 6.97. The maximum absolute atomic E-state index is 5.61. The smallest absolute Gasteiger partial charge is 0.0231 e. The van der Waals surface area contributed by atoms with E-state index in [9.17, 15) is 0 Å². The van der Waals surface area contributed by atoms with E-state index in [2.05, 4.69) is 59.1 Å². The Balaban J connectivity index is 2.27. The fraction of sp³-hybridized carbons (Fsp3) is 0.571. The Kier molecular flexibility index (Phi) is 6.78. The topological polar surface area (TPSA) is 29.3 Å². The second-order valence-electron chi connectivity index (χ2n) is 4.85. The van der Waals surface area contributed by atoms with Crippen LogP contribution in [0, 0.1) is 5.92 Å². The molecular weight excluding hydrogens is 276 g/mol. The normalized spacial score (nSPS) is 13.0. The van der Waals surface area contributed by atoms with Gasteiger partial charge >= 0.3 is 0 Å². The summed E-state index contributed by atoms with van der Waals surface area (Å²) in [4.78, 5) is 2.37. The van der Waals surface area contributed by atoms with Crippen LogP contribution in [0.15, 0.2) is 28.7 Å². The molecule has 2 nitrogen and oxygen atoms in total. The molecule has 1 unspecified atom stereocenters. The van der Waals surface area contributed by atoms with Gasteiger partial charge in [-0.1, -0.05) is 35.0 Å². The van der Waals surface area contributed by atoms with Crippen molar-refractivity contribution in [1.29, 1.82) is 0 Å². The number of hydrogen-bond acceptors (Lipinski definition) is 2. The zero-order valence-corrected chi connectivity index (χ0v) is 12.4. The molecular formula is C14H23BrN2. The lowest BCUT2D eigenvalue weighted by molar-refractivity contribution is 0.309. The first-order valence-corrected chi connectivity index (χ1v) is 7.04. The summed E-state index contributed by atoms with van der Waals surface area (Å²) < 4.78 is 1.15. The summed E-state index contributed by atoms with van der Waals surface area (Å²) in [7, 11) is 2.17. The monoisotopic (exact) mass is 298 g/mol. The van der Waals surface area contributed by atoms with E-state index in [1.807, 2.05) is 0 Å². The lowest BCUT2D eigenvalue weighted by atomic mass is 10.1. The summed E-state index contributed by atoms with van der Waals surface area (Å²) in [6.07, 6.45) is 2.45. The number of nitrogens with two attached hydrogens (primary N) is 1. The molecule has 17 heavy (non-hydrogen) atoms. The third-order valence-corrected chi connectivity index (χ3v) is 3.47. The van der Waals surface area contributed by atoms with Crippen molar-refractivity contribution >= 4 is 15.9 Å². The third kappa shape index (κ3) is 6.20. The van der Waals surface area contributed by atoms with Crippen molar-refractivity contribution in [3.63, 3.8) is 0 Å². The Morgan fingerprint density at radius 1 is 1.41 bits per heavy atom. The fourth-order valence-electron chi connectivity index (χ4n) is 1.85. The van der Waals surface area contributed by atoms with Crippen LogP contribution in [0.25, 0.3) is 0 Å². The molecule has 0 spiro atoms. The van der Waals surface area contributed by atoms with E-state index in [4.69, 9.17) is 5.73 Å². The SMILES string of the molecule is CC(CN)CCCN(C)Cc1cccc(Br)c1. The van der Waals surface area contributed by atoms with Crippen molar-refractivity contribution in [3.05, 3.63) is 34.3 Å². The first kappa shape index (κ1) is 14.7. The highest BCUT2D eigenvalue weighted by Gasteiger charge is 2.03. The van der Waals surface area contributed by atoms with E-state index < -0.39 is 0 Å². The maximum atomic E-state index is 5.61. The standard InChI is InChI=1S/C14H23BrN2/c1-12(10-16)5-4-8-17(2)11-13-6-3-7-14(15)9-13/h3,6-7,9,12H,4-5,8,10-11,16H2,1-2H3. The van der Waals surface area contributed by atoms with Crippen molar-refractivity contribution < 1.29 is 0 Å². The van der Waals surface area contributed by atoms with Gasteiger partial charge in [-0.05, 0) is 56.6 Å². The van der Waals surface area contributed by atoms with Gasteiger partial charge in [0.05, 0.1) is 0 Å². The van der Waals surface area contributed by atoms with Crippen molar-refractivity contribution in [1.82, 2.24) is 4.90 Å². The largest absolute Gasteiger partial charge is 0.330 e. The van der Waals surface area contributed by atoms with E-state index in [0.29, 0.717) is 5.92 Å². The number of hydrogen-bond donors (Lipinski definition) is 1. The molecule has 3 heteroatoms. The first-order valence-electron chi connectivity index (χ1n) is 6.25. The van der Waals surface area contributed by atoms with Crippen LogP contribution >= 0.6 is 15.9 Å². The van der Waals surface area contributed by atoms with Crippen molar-refractivity contribution in [2.24, 2.45) is 11.7 Å². The van der Waals surface area contributed by atoms with Gasteiger partial charge in [-0.15, -0.1) is 0 Å². The van der Waals surface area contributed by atoms with Crippen molar-refractivity contribution in [3.8, 4) is 0 Å². The molecule has 1 aromatic carbocycles. The van der Waals surface area contributed by atoms with E-state index in [1.165, 1.54) is 18.4 Å². The van der Waals surface area contributed by atoms with Gasteiger partial charge in [-0.2, -0.15) is 0 Å².